The highest BCUT2D eigenvalue weighted by Gasteiger charge is 2.13. The highest BCUT2D eigenvalue weighted by atomic mass is 16.5. The summed E-state index contributed by atoms with van der Waals surface area (Å²) in [5.74, 6) is 0.876. The molecule has 0 saturated carbocycles. The molecule has 1 aromatic heterocycles. The van der Waals surface area contributed by atoms with Crippen molar-refractivity contribution in [1.29, 1.82) is 0 Å². The Morgan fingerprint density at radius 3 is 2.88 bits per heavy atom. The lowest BCUT2D eigenvalue weighted by Crippen LogP contribution is -2.34. The van der Waals surface area contributed by atoms with E-state index >= 15 is 0 Å². The zero-order chi connectivity index (χ0) is 12.1. The van der Waals surface area contributed by atoms with Crippen molar-refractivity contribution < 1.29 is 9.47 Å². The van der Waals surface area contributed by atoms with Crippen molar-refractivity contribution in [1.82, 2.24) is 10.3 Å². The molecule has 2 heterocycles. The van der Waals surface area contributed by atoms with Gasteiger partial charge in [-0.05, 0) is 19.8 Å². The topological polar surface area (TPSA) is 43.4 Å². The third-order valence-corrected chi connectivity index (χ3v) is 3.01. The van der Waals surface area contributed by atoms with Gasteiger partial charge in [0.25, 0.3) is 0 Å². The molecule has 17 heavy (non-hydrogen) atoms. The highest BCUT2D eigenvalue weighted by molar-refractivity contribution is 5.26. The Balaban J connectivity index is 1.91. The molecule has 0 aromatic carbocycles. The molecule has 0 amide bonds. The van der Waals surface area contributed by atoms with Gasteiger partial charge in [0, 0.05) is 43.6 Å². The van der Waals surface area contributed by atoms with Crippen molar-refractivity contribution in [3.8, 4) is 5.75 Å². The van der Waals surface area contributed by atoms with E-state index < -0.39 is 0 Å². The second kappa shape index (κ2) is 5.98. The molecule has 1 fully saturated rings. The van der Waals surface area contributed by atoms with Gasteiger partial charge in [0.1, 0.15) is 5.75 Å². The van der Waals surface area contributed by atoms with E-state index in [1.807, 2.05) is 19.1 Å². The quantitative estimate of drug-likeness (QED) is 0.863. The average Bonchev–Trinajstić information content (AvgIpc) is 2.37. The number of nitrogens with one attached hydrogen (secondary N) is 1. The Labute approximate surface area is 102 Å². The SMILES string of the molecule is COc1cc(C)nc(CNC2CCOCC2)c1. The van der Waals surface area contributed by atoms with Crippen LogP contribution in [0.1, 0.15) is 24.2 Å². The lowest BCUT2D eigenvalue weighted by atomic mass is 10.1. The summed E-state index contributed by atoms with van der Waals surface area (Å²) < 4.78 is 10.6. The van der Waals surface area contributed by atoms with Crippen LogP contribution in [0, 0.1) is 6.92 Å². The number of aromatic nitrogens is 1. The summed E-state index contributed by atoms with van der Waals surface area (Å²) in [6.45, 7) is 4.51. The van der Waals surface area contributed by atoms with Gasteiger partial charge in [0.15, 0.2) is 0 Å². The summed E-state index contributed by atoms with van der Waals surface area (Å²) in [5, 5.41) is 3.52. The Kier molecular flexibility index (Phi) is 4.34. The minimum Gasteiger partial charge on any atom is -0.497 e. The largest absolute Gasteiger partial charge is 0.497 e. The first-order chi connectivity index (χ1) is 8.28. The molecule has 1 aliphatic rings. The minimum atomic E-state index is 0.553. The smallest absolute Gasteiger partial charge is 0.122 e. The van der Waals surface area contributed by atoms with Crippen molar-refractivity contribution in [3.63, 3.8) is 0 Å². The van der Waals surface area contributed by atoms with Crippen LogP contribution in [0.3, 0.4) is 0 Å². The number of pyridine rings is 1. The lowest BCUT2D eigenvalue weighted by molar-refractivity contribution is 0.0775. The van der Waals surface area contributed by atoms with E-state index in [0.29, 0.717) is 6.04 Å². The normalized spacial score (nSPS) is 17.1. The maximum Gasteiger partial charge on any atom is 0.122 e. The third-order valence-electron chi connectivity index (χ3n) is 3.01. The Morgan fingerprint density at radius 2 is 2.18 bits per heavy atom. The second-order valence-corrected chi connectivity index (χ2v) is 4.41. The van der Waals surface area contributed by atoms with Crippen LogP contribution in [0.2, 0.25) is 0 Å². The molecule has 0 atom stereocenters. The van der Waals surface area contributed by atoms with Gasteiger partial charge in [0.2, 0.25) is 0 Å². The number of hydrogen-bond donors (Lipinski definition) is 1. The standard InChI is InChI=1S/C13H20N2O2/c1-10-7-13(16-2)8-12(15-10)9-14-11-3-5-17-6-4-11/h7-8,11,14H,3-6,9H2,1-2H3. The van der Waals surface area contributed by atoms with Gasteiger partial charge >= 0.3 is 0 Å². The second-order valence-electron chi connectivity index (χ2n) is 4.41. The molecule has 2 rings (SSSR count). The Morgan fingerprint density at radius 1 is 1.41 bits per heavy atom. The minimum absolute atomic E-state index is 0.553. The highest BCUT2D eigenvalue weighted by Crippen LogP contribution is 2.14. The van der Waals surface area contributed by atoms with Crippen molar-refractivity contribution in [2.45, 2.75) is 32.4 Å². The number of hydrogen-bond acceptors (Lipinski definition) is 4. The Hall–Kier alpha value is -1.13. The van der Waals surface area contributed by atoms with Crippen LogP contribution >= 0.6 is 0 Å². The lowest BCUT2D eigenvalue weighted by Gasteiger charge is -2.23. The predicted octanol–water partition coefficient (Wildman–Crippen LogP) is 1.67. The maximum absolute atomic E-state index is 5.33. The van der Waals surface area contributed by atoms with E-state index in [2.05, 4.69) is 10.3 Å². The van der Waals surface area contributed by atoms with Gasteiger partial charge in [-0.15, -0.1) is 0 Å². The first-order valence-corrected chi connectivity index (χ1v) is 6.10. The molecule has 4 heteroatoms. The molecule has 94 valence electrons. The average molecular weight is 236 g/mol. The van der Waals surface area contributed by atoms with Crippen molar-refractivity contribution in [2.75, 3.05) is 20.3 Å². The summed E-state index contributed by atoms with van der Waals surface area (Å²) in [4.78, 5) is 4.49. The molecule has 1 N–H and O–H groups in total. The fraction of sp³-hybridized carbons (Fsp3) is 0.615. The molecular weight excluding hydrogens is 216 g/mol. The van der Waals surface area contributed by atoms with Crippen molar-refractivity contribution in [2.24, 2.45) is 0 Å². The van der Waals surface area contributed by atoms with Crippen LogP contribution in [-0.2, 0) is 11.3 Å². The molecular formula is C13H20N2O2. The van der Waals surface area contributed by atoms with Gasteiger partial charge < -0.3 is 14.8 Å². The molecule has 1 aromatic rings. The number of rotatable bonds is 4. The summed E-state index contributed by atoms with van der Waals surface area (Å²) in [7, 11) is 1.68. The zero-order valence-electron chi connectivity index (χ0n) is 10.5. The monoisotopic (exact) mass is 236 g/mol. The third kappa shape index (κ3) is 3.68. The summed E-state index contributed by atoms with van der Waals surface area (Å²) >= 11 is 0. The number of aryl methyl sites for hydroxylation is 1. The summed E-state index contributed by atoms with van der Waals surface area (Å²) in [6.07, 6.45) is 2.17. The zero-order valence-corrected chi connectivity index (χ0v) is 10.5. The van der Waals surface area contributed by atoms with Crippen LogP contribution in [0.25, 0.3) is 0 Å². The van der Waals surface area contributed by atoms with Gasteiger partial charge in [-0.1, -0.05) is 0 Å². The van der Waals surface area contributed by atoms with Crippen LogP contribution in [0.15, 0.2) is 12.1 Å². The van der Waals surface area contributed by atoms with E-state index in [9.17, 15) is 0 Å². The van der Waals surface area contributed by atoms with Gasteiger partial charge in [-0.25, -0.2) is 0 Å². The van der Waals surface area contributed by atoms with E-state index in [1.165, 1.54) is 0 Å². The fourth-order valence-corrected chi connectivity index (χ4v) is 2.06. The summed E-state index contributed by atoms with van der Waals surface area (Å²) in [6, 6.07) is 4.48. The molecule has 0 bridgehead atoms. The van der Waals surface area contributed by atoms with Gasteiger partial charge in [0.05, 0.1) is 12.8 Å². The molecule has 4 nitrogen and oxygen atoms in total. The number of methoxy groups -OCH3 is 1. The summed E-state index contributed by atoms with van der Waals surface area (Å²) in [5.41, 5.74) is 2.03. The van der Waals surface area contributed by atoms with Crippen molar-refractivity contribution >= 4 is 0 Å². The van der Waals surface area contributed by atoms with E-state index in [1.54, 1.807) is 7.11 Å². The Bertz CT molecular complexity index is 362. The molecule has 0 unspecified atom stereocenters. The first-order valence-electron chi connectivity index (χ1n) is 6.10. The molecule has 1 aliphatic heterocycles. The number of ether oxygens (including phenoxy) is 2. The van der Waals surface area contributed by atoms with Gasteiger partial charge in [-0.3, -0.25) is 4.98 Å². The van der Waals surface area contributed by atoms with Crippen LogP contribution in [-0.4, -0.2) is 31.3 Å². The van der Waals surface area contributed by atoms with Gasteiger partial charge in [-0.2, -0.15) is 0 Å². The van der Waals surface area contributed by atoms with Crippen LogP contribution in [0.4, 0.5) is 0 Å². The fourth-order valence-electron chi connectivity index (χ4n) is 2.06. The molecule has 1 saturated heterocycles. The first kappa shape index (κ1) is 12.3. The van der Waals surface area contributed by atoms with Crippen LogP contribution in [0.5, 0.6) is 5.75 Å². The molecule has 0 radical (unpaired) electrons. The van der Waals surface area contributed by atoms with E-state index in [0.717, 1.165) is 49.7 Å². The molecule has 0 aliphatic carbocycles. The van der Waals surface area contributed by atoms with E-state index in [4.69, 9.17) is 9.47 Å². The molecule has 0 spiro atoms. The van der Waals surface area contributed by atoms with Crippen LogP contribution < -0.4 is 10.1 Å². The van der Waals surface area contributed by atoms with Crippen molar-refractivity contribution in [3.05, 3.63) is 23.5 Å². The van der Waals surface area contributed by atoms with E-state index in [-0.39, 0.29) is 0 Å². The maximum atomic E-state index is 5.33. The predicted molar refractivity (Wildman–Crippen MR) is 66.2 cm³/mol. The number of nitrogens with zero attached hydrogens (tertiary/aromatic N) is 1.